The standard InChI is InChI=1S/C29H29BrClFN2O2/c30-22-11-6-10-21(16-22)19-34(28(35)18-24-25(31)14-7-15-26(24)32)27(17-20-8-2-1-3-9-20)29(36)33-23-12-4-5-13-23/h1-3,6-11,14-16,23,27H,4-5,12-13,17-19H2,(H,33,36). The van der Waals surface area contributed by atoms with Crippen LogP contribution in [0.3, 0.4) is 0 Å². The van der Waals surface area contributed by atoms with E-state index in [2.05, 4.69) is 21.2 Å². The van der Waals surface area contributed by atoms with Crippen molar-refractivity contribution in [1.82, 2.24) is 10.2 Å². The normalized spacial score (nSPS) is 14.4. The first kappa shape index (κ1) is 26.4. The lowest BCUT2D eigenvalue weighted by atomic mass is 10.0. The molecule has 0 aliphatic heterocycles. The van der Waals surface area contributed by atoms with Crippen molar-refractivity contribution >= 4 is 39.3 Å². The number of amides is 2. The molecule has 1 N–H and O–H groups in total. The lowest BCUT2D eigenvalue weighted by molar-refractivity contribution is -0.141. The number of rotatable bonds is 9. The third-order valence-corrected chi connectivity index (χ3v) is 7.45. The average Bonchev–Trinajstić information content (AvgIpc) is 3.37. The van der Waals surface area contributed by atoms with E-state index in [0.29, 0.717) is 6.42 Å². The highest BCUT2D eigenvalue weighted by molar-refractivity contribution is 9.10. The summed E-state index contributed by atoms with van der Waals surface area (Å²) in [7, 11) is 0. The maximum absolute atomic E-state index is 14.6. The highest BCUT2D eigenvalue weighted by Gasteiger charge is 2.32. The van der Waals surface area contributed by atoms with Crippen LogP contribution < -0.4 is 5.32 Å². The van der Waals surface area contributed by atoms with Crippen LogP contribution in [-0.4, -0.2) is 28.8 Å². The summed E-state index contributed by atoms with van der Waals surface area (Å²) in [6.07, 6.45) is 4.16. The molecule has 4 rings (SSSR count). The Morgan fingerprint density at radius 3 is 2.39 bits per heavy atom. The van der Waals surface area contributed by atoms with Crippen molar-refractivity contribution in [2.24, 2.45) is 0 Å². The van der Waals surface area contributed by atoms with Gasteiger partial charge in [0.25, 0.3) is 0 Å². The summed E-state index contributed by atoms with van der Waals surface area (Å²) in [5.41, 5.74) is 1.95. The van der Waals surface area contributed by atoms with Crippen LogP contribution in [0, 0.1) is 5.82 Å². The third kappa shape index (κ3) is 6.95. The average molecular weight is 572 g/mol. The van der Waals surface area contributed by atoms with E-state index in [1.165, 1.54) is 12.1 Å². The van der Waals surface area contributed by atoms with Crippen LogP contribution >= 0.6 is 27.5 Å². The number of carbonyl (C=O) groups excluding carboxylic acids is 2. The lowest BCUT2D eigenvalue weighted by Crippen LogP contribution is -2.52. The largest absolute Gasteiger partial charge is 0.352 e. The molecule has 0 radical (unpaired) electrons. The first-order valence-electron chi connectivity index (χ1n) is 12.2. The highest BCUT2D eigenvalue weighted by Crippen LogP contribution is 2.24. The molecule has 1 aliphatic rings. The summed E-state index contributed by atoms with van der Waals surface area (Å²) in [5, 5.41) is 3.37. The number of halogens is 3. The van der Waals surface area contributed by atoms with Gasteiger partial charge in [-0.15, -0.1) is 0 Å². The van der Waals surface area contributed by atoms with Crippen LogP contribution in [-0.2, 0) is 29.0 Å². The summed E-state index contributed by atoms with van der Waals surface area (Å²) < 4.78 is 15.5. The van der Waals surface area contributed by atoms with Gasteiger partial charge in [0.1, 0.15) is 11.9 Å². The third-order valence-electron chi connectivity index (χ3n) is 6.60. The van der Waals surface area contributed by atoms with Crippen molar-refractivity contribution in [3.05, 3.63) is 105 Å². The fourth-order valence-electron chi connectivity index (χ4n) is 4.71. The number of hydrogen-bond donors (Lipinski definition) is 1. The molecule has 3 aromatic carbocycles. The van der Waals surface area contributed by atoms with Crippen molar-refractivity contribution in [2.75, 3.05) is 0 Å². The number of nitrogens with zero attached hydrogens (tertiary/aromatic N) is 1. The molecule has 1 saturated carbocycles. The molecule has 0 spiro atoms. The van der Waals surface area contributed by atoms with Gasteiger partial charge in [-0.2, -0.15) is 0 Å². The molecule has 3 aromatic rings. The molecule has 0 heterocycles. The number of carbonyl (C=O) groups is 2. The fourth-order valence-corrected chi connectivity index (χ4v) is 5.38. The van der Waals surface area contributed by atoms with Gasteiger partial charge < -0.3 is 10.2 Å². The first-order valence-corrected chi connectivity index (χ1v) is 13.4. The minimum absolute atomic E-state index is 0.111. The van der Waals surface area contributed by atoms with Crippen LogP contribution in [0.2, 0.25) is 5.02 Å². The summed E-state index contributed by atoms with van der Waals surface area (Å²) in [4.78, 5) is 29.0. The topological polar surface area (TPSA) is 49.4 Å². The second-order valence-corrected chi connectivity index (χ2v) is 10.5. The minimum Gasteiger partial charge on any atom is -0.352 e. The molecule has 36 heavy (non-hydrogen) atoms. The summed E-state index contributed by atoms with van der Waals surface area (Å²) >= 11 is 9.74. The van der Waals surface area contributed by atoms with E-state index in [0.717, 1.165) is 41.3 Å². The van der Waals surface area contributed by atoms with E-state index in [4.69, 9.17) is 11.6 Å². The Balaban J connectivity index is 1.69. The molecule has 2 amide bonds. The van der Waals surface area contributed by atoms with Crippen LogP contribution in [0.25, 0.3) is 0 Å². The van der Waals surface area contributed by atoms with Gasteiger partial charge in [0.05, 0.1) is 6.42 Å². The molecule has 1 unspecified atom stereocenters. The smallest absolute Gasteiger partial charge is 0.243 e. The molecular weight excluding hydrogens is 543 g/mol. The van der Waals surface area contributed by atoms with E-state index >= 15 is 0 Å². The van der Waals surface area contributed by atoms with E-state index in [1.807, 2.05) is 54.6 Å². The monoisotopic (exact) mass is 570 g/mol. The van der Waals surface area contributed by atoms with Crippen molar-refractivity contribution in [2.45, 2.75) is 57.2 Å². The Labute approximate surface area is 225 Å². The molecule has 7 heteroatoms. The fraction of sp³-hybridized carbons (Fsp3) is 0.310. The maximum atomic E-state index is 14.6. The molecule has 1 atom stereocenters. The van der Waals surface area contributed by atoms with Gasteiger partial charge in [0.2, 0.25) is 11.8 Å². The van der Waals surface area contributed by atoms with E-state index in [1.54, 1.807) is 11.0 Å². The summed E-state index contributed by atoms with van der Waals surface area (Å²) in [6.45, 7) is 0.208. The predicted molar refractivity (Wildman–Crippen MR) is 144 cm³/mol. The van der Waals surface area contributed by atoms with Crippen LogP contribution in [0.15, 0.2) is 77.3 Å². The predicted octanol–water partition coefficient (Wildman–Crippen LogP) is 6.48. The van der Waals surface area contributed by atoms with E-state index in [-0.39, 0.29) is 41.4 Å². The first-order chi connectivity index (χ1) is 17.4. The second-order valence-electron chi connectivity index (χ2n) is 9.22. The van der Waals surface area contributed by atoms with Crippen molar-refractivity contribution in [3.63, 3.8) is 0 Å². The quantitative estimate of drug-likeness (QED) is 0.319. The van der Waals surface area contributed by atoms with Gasteiger partial charge >= 0.3 is 0 Å². The Morgan fingerprint density at radius 2 is 1.69 bits per heavy atom. The van der Waals surface area contributed by atoms with Gasteiger partial charge in [-0.05, 0) is 48.2 Å². The molecule has 0 aromatic heterocycles. The number of hydrogen-bond acceptors (Lipinski definition) is 2. The Bertz CT molecular complexity index is 1180. The second kappa shape index (κ2) is 12.5. The maximum Gasteiger partial charge on any atom is 0.243 e. The van der Waals surface area contributed by atoms with E-state index < -0.39 is 11.9 Å². The summed E-state index contributed by atoms with van der Waals surface area (Å²) in [6, 6.07) is 21.0. The minimum atomic E-state index is -0.759. The van der Waals surface area contributed by atoms with Gasteiger partial charge in [-0.25, -0.2) is 4.39 Å². The van der Waals surface area contributed by atoms with Gasteiger partial charge in [0.15, 0.2) is 0 Å². The van der Waals surface area contributed by atoms with Gasteiger partial charge in [-0.3, -0.25) is 9.59 Å². The Morgan fingerprint density at radius 1 is 1.00 bits per heavy atom. The molecule has 0 bridgehead atoms. The number of nitrogens with one attached hydrogen (secondary N) is 1. The van der Waals surface area contributed by atoms with Crippen molar-refractivity contribution in [3.8, 4) is 0 Å². The zero-order chi connectivity index (χ0) is 25.5. The zero-order valence-corrected chi connectivity index (χ0v) is 22.3. The molecule has 0 saturated heterocycles. The van der Waals surface area contributed by atoms with Gasteiger partial charge in [0, 0.05) is 34.1 Å². The van der Waals surface area contributed by atoms with Gasteiger partial charge in [-0.1, -0.05) is 88.9 Å². The number of benzene rings is 3. The molecule has 1 aliphatic carbocycles. The lowest BCUT2D eigenvalue weighted by Gasteiger charge is -2.32. The molecule has 4 nitrogen and oxygen atoms in total. The van der Waals surface area contributed by atoms with Crippen LogP contribution in [0.5, 0.6) is 0 Å². The Kier molecular flexibility index (Phi) is 9.16. The highest BCUT2D eigenvalue weighted by atomic mass is 79.9. The van der Waals surface area contributed by atoms with Crippen molar-refractivity contribution in [1.29, 1.82) is 0 Å². The molecule has 1 fully saturated rings. The summed E-state index contributed by atoms with van der Waals surface area (Å²) in [5.74, 6) is -1.08. The Hall–Kier alpha value is -2.70. The van der Waals surface area contributed by atoms with Crippen LogP contribution in [0.4, 0.5) is 4.39 Å². The van der Waals surface area contributed by atoms with Crippen LogP contribution in [0.1, 0.15) is 42.4 Å². The SMILES string of the molecule is O=C(NC1CCCC1)C(Cc1ccccc1)N(Cc1cccc(Br)c1)C(=O)Cc1c(F)cccc1Cl. The zero-order valence-electron chi connectivity index (χ0n) is 19.9. The van der Waals surface area contributed by atoms with Crippen molar-refractivity contribution < 1.29 is 14.0 Å². The van der Waals surface area contributed by atoms with E-state index in [9.17, 15) is 14.0 Å². The molecule has 188 valence electrons. The molecular formula is C29H29BrClFN2O2.